The van der Waals surface area contributed by atoms with Gasteiger partial charge in [-0.2, -0.15) is 0 Å². The molecule has 0 radical (unpaired) electrons. The van der Waals surface area contributed by atoms with Crippen molar-refractivity contribution in [1.82, 2.24) is 4.90 Å². The van der Waals surface area contributed by atoms with Crippen molar-refractivity contribution in [3.05, 3.63) is 34.9 Å². The molecule has 0 unspecified atom stereocenters. The highest BCUT2D eigenvalue weighted by atomic mass is 16.2. The van der Waals surface area contributed by atoms with Gasteiger partial charge in [-0.15, -0.1) is 0 Å². The molecule has 1 aliphatic heterocycles. The highest BCUT2D eigenvalue weighted by Crippen LogP contribution is 2.18. The topological polar surface area (TPSA) is 37.4 Å². The quantitative estimate of drug-likeness (QED) is 0.733. The van der Waals surface area contributed by atoms with Crippen LogP contribution < -0.4 is 0 Å². The Morgan fingerprint density at radius 2 is 1.76 bits per heavy atom. The summed E-state index contributed by atoms with van der Waals surface area (Å²) in [5.74, 6) is -0.0811. The van der Waals surface area contributed by atoms with Gasteiger partial charge in [0.1, 0.15) is 0 Å². The van der Waals surface area contributed by atoms with Crippen molar-refractivity contribution in [2.45, 2.75) is 39.7 Å². The van der Waals surface area contributed by atoms with E-state index in [2.05, 4.69) is 6.07 Å². The number of carbonyl (C=O) groups is 2. The number of carbonyl (C=O) groups excluding carboxylic acids is 2. The van der Waals surface area contributed by atoms with Gasteiger partial charge in [0, 0.05) is 12.8 Å². The molecule has 17 heavy (non-hydrogen) atoms. The maximum Gasteiger partial charge on any atom is 0.229 e. The van der Waals surface area contributed by atoms with E-state index in [4.69, 9.17) is 0 Å². The van der Waals surface area contributed by atoms with E-state index in [1.54, 1.807) is 0 Å². The Hall–Kier alpha value is -1.64. The van der Waals surface area contributed by atoms with E-state index in [1.807, 2.05) is 26.0 Å². The van der Waals surface area contributed by atoms with Crippen LogP contribution in [0.1, 0.15) is 36.0 Å². The zero-order valence-corrected chi connectivity index (χ0v) is 10.3. The average molecular weight is 231 g/mol. The van der Waals surface area contributed by atoms with E-state index in [0.29, 0.717) is 25.8 Å². The molecule has 0 bridgehead atoms. The van der Waals surface area contributed by atoms with Gasteiger partial charge in [-0.3, -0.25) is 14.5 Å². The lowest BCUT2D eigenvalue weighted by Crippen LogP contribution is -2.39. The van der Waals surface area contributed by atoms with Crippen LogP contribution >= 0.6 is 0 Å². The minimum absolute atomic E-state index is 0.0405. The Kier molecular flexibility index (Phi) is 3.27. The lowest BCUT2D eigenvalue weighted by molar-refractivity contribution is -0.148. The molecule has 0 aliphatic carbocycles. The lowest BCUT2D eigenvalue weighted by Gasteiger charge is -2.25. The maximum atomic E-state index is 11.7. The zero-order chi connectivity index (χ0) is 12.4. The van der Waals surface area contributed by atoms with Crippen LogP contribution in [0.2, 0.25) is 0 Å². The Balaban J connectivity index is 2.19. The smallest absolute Gasteiger partial charge is 0.229 e. The summed E-state index contributed by atoms with van der Waals surface area (Å²) in [7, 11) is 0. The van der Waals surface area contributed by atoms with Gasteiger partial charge in [-0.25, -0.2) is 0 Å². The predicted molar refractivity (Wildman–Crippen MR) is 65.3 cm³/mol. The van der Waals surface area contributed by atoms with Crippen LogP contribution in [-0.4, -0.2) is 16.7 Å². The highest BCUT2D eigenvalue weighted by Gasteiger charge is 2.25. The van der Waals surface area contributed by atoms with Gasteiger partial charge in [0.15, 0.2) is 0 Å². The molecule has 2 amide bonds. The molecule has 3 heteroatoms. The molecule has 1 fully saturated rings. The molecular formula is C14H17NO2. The monoisotopic (exact) mass is 231 g/mol. The second kappa shape index (κ2) is 4.70. The van der Waals surface area contributed by atoms with Crippen molar-refractivity contribution in [2.24, 2.45) is 0 Å². The van der Waals surface area contributed by atoms with Gasteiger partial charge in [0.25, 0.3) is 0 Å². The Bertz CT molecular complexity index is 449. The van der Waals surface area contributed by atoms with Crippen molar-refractivity contribution < 1.29 is 9.59 Å². The van der Waals surface area contributed by atoms with Crippen molar-refractivity contribution >= 4 is 11.8 Å². The summed E-state index contributed by atoms with van der Waals surface area (Å²) in [4.78, 5) is 24.8. The van der Waals surface area contributed by atoms with Crippen LogP contribution in [0, 0.1) is 13.8 Å². The van der Waals surface area contributed by atoms with E-state index < -0.39 is 0 Å². The number of aryl methyl sites for hydroxylation is 2. The normalized spacial score (nSPS) is 16.5. The summed E-state index contributed by atoms with van der Waals surface area (Å²) in [5.41, 5.74) is 3.39. The van der Waals surface area contributed by atoms with Crippen LogP contribution in [0.4, 0.5) is 0 Å². The fraction of sp³-hybridized carbons (Fsp3) is 0.429. The number of hydrogen-bond acceptors (Lipinski definition) is 2. The van der Waals surface area contributed by atoms with Crippen LogP contribution in [-0.2, 0) is 16.1 Å². The van der Waals surface area contributed by atoms with Crippen molar-refractivity contribution in [3.63, 3.8) is 0 Å². The standard InChI is InChI=1S/C14H17NO2/c1-10-6-7-12(11(2)8-10)9-15-13(16)4-3-5-14(15)17/h6-8H,3-5,9H2,1-2H3. The van der Waals surface area contributed by atoms with Gasteiger partial charge in [-0.1, -0.05) is 23.8 Å². The molecular weight excluding hydrogens is 214 g/mol. The van der Waals surface area contributed by atoms with Gasteiger partial charge in [0.05, 0.1) is 6.54 Å². The molecule has 0 spiro atoms. The third-order valence-corrected chi connectivity index (χ3v) is 3.21. The molecule has 3 nitrogen and oxygen atoms in total. The summed E-state index contributed by atoms with van der Waals surface area (Å²) >= 11 is 0. The summed E-state index contributed by atoms with van der Waals surface area (Å²) in [5, 5.41) is 0. The van der Waals surface area contributed by atoms with Crippen molar-refractivity contribution in [3.8, 4) is 0 Å². The van der Waals surface area contributed by atoms with Crippen LogP contribution in [0.5, 0.6) is 0 Å². The van der Waals surface area contributed by atoms with E-state index in [-0.39, 0.29) is 11.8 Å². The number of imide groups is 1. The number of rotatable bonds is 2. The largest absolute Gasteiger partial charge is 0.278 e. The SMILES string of the molecule is Cc1ccc(CN2C(=O)CCCC2=O)c(C)c1. The van der Waals surface area contributed by atoms with Gasteiger partial charge >= 0.3 is 0 Å². The molecule has 1 heterocycles. The summed E-state index contributed by atoms with van der Waals surface area (Å²) in [6.45, 7) is 4.47. The van der Waals surface area contributed by atoms with E-state index in [0.717, 1.165) is 11.1 Å². The second-order valence-corrected chi connectivity index (χ2v) is 4.66. The third-order valence-electron chi connectivity index (χ3n) is 3.21. The first-order valence-corrected chi connectivity index (χ1v) is 5.97. The fourth-order valence-corrected chi connectivity index (χ4v) is 2.17. The minimum atomic E-state index is -0.0405. The van der Waals surface area contributed by atoms with Gasteiger partial charge < -0.3 is 0 Å². The summed E-state index contributed by atoms with van der Waals surface area (Å²) in [6, 6.07) is 6.09. The molecule has 1 aromatic carbocycles. The molecule has 0 N–H and O–H groups in total. The fourth-order valence-electron chi connectivity index (χ4n) is 2.17. The maximum absolute atomic E-state index is 11.7. The molecule has 1 aliphatic rings. The predicted octanol–water partition coefficient (Wildman–Crippen LogP) is 2.34. The summed E-state index contributed by atoms with van der Waals surface area (Å²) < 4.78 is 0. The number of likely N-dealkylation sites (tertiary alicyclic amines) is 1. The first kappa shape index (κ1) is 11.8. The first-order valence-electron chi connectivity index (χ1n) is 5.97. The van der Waals surface area contributed by atoms with E-state index >= 15 is 0 Å². The zero-order valence-electron chi connectivity index (χ0n) is 10.3. The Labute approximate surface area is 101 Å². The van der Waals surface area contributed by atoms with Gasteiger partial charge in [-0.05, 0) is 31.4 Å². The number of hydrogen-bond donors (Lipinski definition) is 0. The van der Waals surface area contributed by atoms with E-state index in [9.17, 15) is 9.59 Å². The molecule has 1 aromatic rings. The lowest BCUT2D eigenvalue weighted by atomic mass is 10.0. The third kappa shape index (κ3) is 2.54. The van der Waals surface area contributed by atoms with Gasteiger partial charge in [0.2, 0.25) is 11.8 Å². The number of nitrogens with zero attached hydrogens (tertiary/aromatic N) is 1. The van der Waals surface area contributed by atoms with E-state index in [1.165, 1.54) is 10.5 Å². The second-order valence-electron chi connectivity index (χ2n) is 4.66. The highest BCUT2D eigenvalue weighted by molar-refractivity contribution is 5.97. The molecule has 1 saturated heterocycles. The minimum Gasteiger partial charge on any atom is -0.278 e. The van der Waals surface area contributed by atoms with Crippen LogP contribution in [0.15, 0.2) is 18.2 Å². The number of benzene rings is 1. The Morgan fingerprint density at radius 1 is 1.12 bits per heavy atom. The molecule has 90 valence electrons. The molecule has 0 aromatic heterocycles. The molecule has 0 atom stereocenters. The van der Waals surface area contributed by atoms with Crippen LogP contribution in [0.3, 0.4) is 0 Å². The average Bonchev–Trinajstić information content (AvgIpc) is 2.26. The molecule has 2 rings (SSSR count). The Morgan fingerprint density at radius 3 is 2.35 bits per heavy atom. The van der Waals surface area contributed by atoms with Crippen LogP contribution in [0.25, 0.3) is 0 Å². The molecule has 0 saturated carbocycles. The van der Waals surface area contributed by atoms with Crippen molar-refractivity contribution in [1.29, 1.82) is 0 Å². The number of amides is 2. The van der Waals surface area contributed by atoms with Crippen molar-refractivity contribution in [2.75, 3.05) is 0 Å². The summed E-state index contributed by atoms with van der Waals surface area (Å²) in [6.07, 6.45) is 1.69. The number of piperidine rings is 1. The first-order chi connectivity index (χ1) is 8.08.